The van der Waals surface area contributed by atoms with E-state index in [4.69, 9.17) is 9.47 Å². The zero-order chi connectivity index (χ0) is 21.8. The molecule has 166 valence electrons. The van der Waals surface area contributed by atoms with Crippen molar-refractivity contribution >= 4 is 5.97 Å². The van der Waals surface area contributed by atoms with Gasteiger partial charge < -0.3 is 14.6 Å². The Morgan fingerprint density at radius 1 is 1.16 bits per heavy atom. The molecule has 0 aromatic carbocycles. The van der Waals surface area contributed by atoms with Gasteiger partial charge in [-0.3, -0.25) is 4.79 Å². The Morgan fingerprint density at radius 2 is 1.94 bits per heavy atom. The van der Waals surface area contributed by atoms with Crippen LogP contribution in [0.25, 0.3) is 0 Å². The monoisotopic (exact) mass is 428 g/mol. The summed E-state index contributed by atoms with van der Waals surface area (Å²) >= 11 is 0. The van der Waals surface area contributed by atoms with Crippen LogP contribution >= 0.6 is 0 Å². The molecule has 2 aliphatic rings. The molecule has 4 rings (SSSR count). The average molecular weight is 429 g/mol. The molecular formula is C24H29FN2O4. The molecule has 0 aliphatic heterocycles. The SMILES string of the molecule is COc1cc([C@H]2CC[C@@H](COc3cc(C(CC(=O)O)C4CC4)ccn3)CC2)c(F)cn1. The first kappa shape index (κ1) is 21.5. The number of halogens is 1. The number of carboxylic acid groups (broad SMARTS) is 1. The summed E-state index contributed by atoms with van der Waals surface area (Å²) in [6.07, 6.45) is 8.97. The third-order valence-corrected chi connectivity index (χ3v) is 6.60. The first-order chi connectivity index (χ1) is 15.0. The highest BCUT2D eigenvalue weighted by molar-refractivity contribution is 5.68. The molecule has 31 heavy (non-hydrogen) atoms. The number of methoxy groups -OCH3 is 1. The van der Waals surface area contributed by atoms with Crippen LogP contribution in [0.4, 0.5) is 4.39 Å². The zero-order valence-electron chi connectivity index (χ0n) is 17.8. The molecule has 0 amide bonds. The Balaban J connectivity index is 1.31. The summed E-state index contributed by atoms with van der Waals surface area (Å²) in [4.78, 5) is 19.5. The third kappa shape index (κ3) is 5.51. The molecule has 2 saturated carbocycles. The van der Waals surface area contributed by atoms with Gasteiger partial charge in [-0.25, -0.2) is 14.4 Å². The topological polar surface area (TPSA) is 81.5 Å². The van der Waals surface area contributed by atoms with Crippen LogP contribution < -0.4 is 9.47 Å². The summed E-state index contributed by atoms with van der Waals surface area (Å²) in [6, 6.07) is 5.51. The van der Waals surface area contributed by atoms with E-state index in [0.29, 0.717) is 35.8 Å². The summed E-state index contributed by atoms with van der Waals surface area (Å²) in [6.45, 7) is 0.568. The van der Waals surface area contributed by atoms with Gasteiger partial charge in [0.15, 0.2) is 0 Å². The summed E-state index contributed by atoms with van der Waals surface area (Å²) in [5, 5.41) is 9.23. The van der Waals surface area contributed by atoms with E-state index in [2.05, 4.69) is 9.97 Å². The van der Waals surface area contributed by atoms with Crippen molar-refractivity contribution in [2.45, 2.75) is 56.8 Å². The van der Waals surface area contributed by atoms with Crippen LogP contribution in [0.2, 0.25) is 0 Å². The molecule has 6 nitrogen and oxygen atoms in total. The maximum absolute atomic E-state index is 14.2. The van der Waals surface area contributed by atoms with Crippen LogP contribution in [0, 0.1) is 17.7 Å². The largest absolute Gasteiger partial charge is 0.481 e. The molecule has 0 spiro atoms. The molecule has 0 bridgehead atoms. The number of ether oxygens (including phenoxy) is 2. The fourth-order valence-electron chi connectivity index (χ4n) is 4.68. The number of aromatic nitrogens is 2. The Hall–Kier alpha value is -2.70. The molecule has 2 aromatic heterocycles. The highest BCUT2D eigenvalue weighted by Crippen LogP contribution is 2.45. The van der Waals surface area contributed by atoms with Crippen molar-refractivity contribution in [2.75, 3.05) is 13.7 Å². The van der Waals surface area contributed by atoms with E-state index in [0.717, 1.165) is 44.1 Å². The van der Waals surface area contributed by atoms with Gasteiger partial charge in [-0.1, -0.05) is 0 Å². The molecule has 2 fully saturated rings. The highest BCUT2D eigenvalue weighted by atomic mass is 19.1. The Kier molecular flexibility index (Phi) is 6.68. The summed E-state index contributed by atoms with van der Waals surface area (Å²) in [5.41, 5.74) is 1.69. The second-order valence-electron chi connectivity index (χ2n) is 8.75. The Labute approximate surface area is 181 Å². The van der Waals surface area contributed by atoms with Gasteiger partial charge in [0.2, 0.25) is 11.8 Å². The molecule has 1 unspecified atom stereocenters. The molecule has 7 heteroatoms. The number of carboxylic acids is 1. The van der Waals surface area contributed by atoms with Crippen LogP contribution in [0.5, 0.6) is 11.8 Å². The van der Waals surface area contributed by atoms with Crippen LogP contribution in [0.1, 0.15) is 67.9 Å². The van der Waals surface area contributed by atoms with E-state index >= 15 is 0 Å². The van der Waals surface area contributed by atoms with Crippen molar-refractivity contribution in [2.24, 2.45) is 11.8 Å². The number of pyridine rings is 2. The molecule has 2 heterocycles. The summed E-state index contributed by atoms with van der Waals surface area (Å²) < 4.78 is 25.3. The quantitative estimate of drug-likeness (QED) is 0.609. The van der Waals surface area contributed by atoms with Crippen molar-refractivity contribution in [1.82, 2.24) is 9.97 Å². The van der Waals surface area contributed by atoms with E-state index in [9.17, 15) is 14.3 Å². The normalized spacial score (nSPS) is 22.0. The standard InChI is InChI=1S/C24H29FN2O4/c1-30-22-11-20(21(25)13-27-22)17-4-2-15(3-5-17)14-31-23-10-18(8-9-26-23)19(12-24(28)29)16-6-7-16/h8-11,13,15-17,19H,2-7,12,14H2,1H3,(H,28,29)/t15-,17+,19?. The minimum absolute atomic E-state index is 0.0329. The molecule has 2 aromatic rings. The number of rotatable bonds is 9. The first-order valence-electron chi connectivity index (χ1n) is 11.0. The number of nitrogens with zero attached hydrogens (tertiary/aromatic N) is 2. The lowest BCUT2D eigenvalue weighted by Crippen LogP contribution is -2.20. The lowest BCUT2D eigenvalue weighted by molar-refractivity contribution is -0.137. The fraction of sp³-hybridized carbons (Fsp3) is 0.542. The predicted octanol–water partition coefficient (Wildman–Crippen LogP) is 4.95. The highest BCUT2D eigenvalue weighted by Gasteiger charge is 2.34. The minimum Gasteiger partial charge on any atom is -0.481 e. The van der Waals surface area contributed by atoms with E-state index in [-0.39, 0.29) is 24.1 Å². The molecule has 1 N–H and O–H groups in total. The van der Waals surface area contributed by atoms with Crippen LogP contribution in [0.3, 0.4) is 0 Å². The molecule has 0 radical (unpaired) electrons. The van der Waals surface area contributed by atoms with Crippen molar-refractivity contribution < 1.29 is 23.8 Å². The Bertz CT molecular complexity index is 910. The molecule has 1 atom stereocenters. The summed E-state index contributed by atoms with van der Waals surface area (Å²) in [5.74, 6) is 1.01. The molecule has 0 saturated heterocycles. The maximum Gasteiger partial charge on any atom is 0.303 e. The van der Waals surface area contributed by atoms with Gasteiger partial charge in [-0.15, -0.1) is 0 Å². The number of hydrogen-bond donors (Lipinski definition) is 1. The maximum atomic E-state index is 14.2. The van der Waals surface area contributed by atoms with Gasteiger partial charge in [0.1, 0.15) is 5.82 Å². The van der Waals surface area contributed by atoms with Crippen molar-refractivity contribution in [3.63, 3.8) is 0 Å². The van der Waals surface area contributed by atoms with E-state index in [1.54, 1.807) is 12.3 Å². The van der Waals surface area contributed by atoms with Crippen LogP contribution in [0.15, 0.2) is 30.6 Å². The second kappa shape index (κ2) is 9.62. The zero-order valence-corrected chi connectivity index (χ0v) is 17.8. The molecular weight excluding hydrogens is 399 g/mol. The van der Waals surface area contributed by atoms with Gasteiger partial charge in [0, 0.05) is 18.3 Å². The van der Waals surface area contributed by atoms with Gasteiger partial charge in [0.25, 0.3) is 0 Å². The van der Waals surface area contributed by atoms with Crippen molar-refractivity contribution in [3.05, 3.63) is 47.5 Å². The lowest BCUT2D eigenvalue weighted by atomic mass is 9.79. The van der Waals surface area contributed by atoms with Crippen molar-refractivity contribution in [3.8, 4) is 11.8 Å². The van der Waals surface area contributed by atoms with E-state index in [1.807, 2.05) is 12.1 Å². The average Bonchev–Trinajstić information content (AvgIpc) is 3.62. The number of hydrogen-bond acceptors (Lipinski definition) is 5. The third-order valence-electron chi connectivity index (χ3n) is 6.60. The smallest absolute Gasteiger partial charge is 0.303 e. The van der Waals surface area contributed by atoms with Gasteiger partial charge in [-0.2, -0.15) is 0 Å². The lowest BCUT2D eigenvalue weighted by Gasteiger charge is -2.29. The van der Waals surface area contributed by atoms with Gasteiger partial charge in [0.05, 0.1) is 26.3 Å². The first-order valence-corrected chi connectivity index (χ1v) is 11.0. The van der Waals surface area contributed by atoms with Gasteiger partial charge >= 0.3 is 5.97 Å². The summed E-state index contributed by atoms with van der Waals surface area (Å²) in [7, 11) is 1.54. The fourth-order valence-corrected chi connectivity index (χ4v) is 4.68. The van der Waals surface area contributed by atoms with Crippen molar-refractivity contribution in [1.29, 1.82) is 0 Å². The predicted molar refractivity (Wildman–Crippen MR) is 113 cm³/mol. The second-order valence-corrected chi connectivity index (χ2v) is 8.75. The minimum atomic E-state index is -0.767. The van der Waals surface area contributed by atoms with E-state index < -0.39 is 5.97 Å². The van der Waals surface area contributed by atoms with Crippen LogP contribution in [-0.4, -0.2) is 34.8 Å². The van der Waals surface area contributed by atoms with Gasteiger partial charge in [-0.05, 0) is 79.4 Å². The number of carbonyl (C=O) groups is 1. The van der Waals surface area contributed by atoms with Crippen LogP contribution in [-0.2, 0) is 4.79 Å². The number of aliphatic carboxylic acids is 1. The Morgan fingerprint density at radius 3 is 2.61 bits per heavy atom. The molecule has 2 aliphatic carbocycles. The van der Waals surface area contributed by atoms with E-state index in [1.165, 1.54) is 13.3 Å².